The summed E-state index contributed by atoms with van der Waals surface area (Å²) >= 11 is 0. The first-order valence-electron chi connectivity index (χ1n) is 10.3. The number of aliphatic imine (C=N–C) groups is 1. The Morgan fingerprint density at radius 3 is 2.79 bits per heavy atom. The molecule has 2 aliphatic rings. The number of aromatic nitrogens is 3. The van der Waals surface area contributed by atoms with E-state index in [0.29, 0.717) is 6.54 Å². The van der Waals surface area contributed by atoms with Gasteiger partial charge in [0.2, 0.25) is 0 Å². The van der Waals surface area contributed by atoms with Crippen molar-refractivity contribution >= 4 is 11.5 Å². The average Bonchev–Trinajstić information content (AvgIpc) is 3.05. The normalized spacial score (nSPS) is 16.8. The molecule has 6 nitrogen and oxygen atoms in total. The maximum Gasteiger partial charge on any atom is 0.115 e. The summed E-state index contributed by atoms with van der Waals surface area (Å²) in [5.41, 5.74) is 5.48. The van der Waals surface area contributed by atoms with Gasteiger partial charge in [-0.2, -0.15) is 0 Å². The first-order chi connectivity index (χ1) is 14.4. The summed E-state index contributed by atoms with van der Waals surface area (Å²) in [6.45, 7) is 4.27. The molecule has 0 N–H and O–H groups in total. The number of amidine groups is 1. The lowest BCUT2D eigenvalue weighted by molar-refractivity contribution is 0.147. The Labute approximate surface area is 170 Å². The number of rotatable bonds is 3. The van der Waals surface area contributed by atoms with Gasteiger partial charge in [-0.25, -0.2) is 9.67 Å². The van der Waals surface area contributed by atoms with Crippen LogP contribution in [0.1, 0.15) is 24.0 Å². The highest BCUT2D eigenvalue weighted by molar-refractivity contribution is 5.91. The molecule has 0 spiro atoms. The largest absolute Gasteiger partial charge is 0.380 e. The quantitative estimate of drug-likeness (QED) is 0.688. The van der Waals surface area contributed by atoms with E-state index in [1.165, 1.54) is 17.0 Å². The maximum absolute atomic E-state index is 5.61. The van der Waals surface area contributed by atoms with Crippen LogP contribution in [-0.4, -0.2) is 52.0 Å². The molecule has 5 rings (SSSR count). The Bertz CT molecular complexity index is 1000. The van der Waals surface area contributed by atoms with Crippen LogP contribution >= 0.6 is 0 Å². The van der Waals surface area contributed by atoms with Gasteiger partial charge in [-0.1, -0.05) is 53.7 Å². The molecule has 0 atom stereocenters. The Hall–Kier alpha value is -2.99. The summed E-state index contributed by atoms with van der Waals surface area (Å²) in [6.07, 6.45) is 5.07. The van der Waals surface area contributed by atoms with Crippen molar-refractivity contribution in [3.8, 4) is 11.3 Å². The molecule has 3 aromatic rings. The van der Waals surface area contributed by atoms with Gasteiger partial charge < -0.3 is 9.64 Å². The number of benzene rings is 2. The van der Waals surface area contributed by atoms with E-state index in [1.807, 2.05) is 29.1 Å². The predicted octanol–water partition coefficient (Wildman–Crippen LogP) is 3.69. The van der Waals surface area contributed by atoms with Gasteiger partial charge in [0.15, 0.2) is 0 Å². The predicted molar refractivity (Wildman–Crippen MR) is 113 cm³/mol. The molecule has 1 saturated heterocycles. The fourth-order valence-corrected chi connectivity index (χ4v) is 4.07. The second kappa shape index (κ2) is 8.17. The van der Waals surface area contributed by atoms with Gasteiger partial charge in [-0.15, -0.1) is 5.10 Å². The van der Waals surface area contributed by atoms with Crippen LogP contribution in [-0.2, 0) is 17.7 Å². The van der Waals surface area contributed by atoms with Gasteiger partial charge in [-0.05, 0) is 24.0 Å². The third-order valence-electron chi connectivity index (χ3n) is 5.57. The molecule has 0 amide bonds. The Morgan fingerprint density at radius 1 is 0.931 bits per heavy atom. The van der Waals surface area contributed by atoms with Crippen molar-refractivity contribution in [3.05, 3.63) is 65.9 Å². The highest BCUT2D eigenvalue weighted by atomic mass is 16.5. The summed E-state index contributed by atoms with van der Waals surface area (Å²) in [6, 6.07) is 16.7. The van der Waals surface area contributed by atoms with Crippen molar-refractivity contribution in [1.82, 2.24) is 19.9 Å². The second-order valence-electron chi connectivity index (χ2n) is 7.58. The fraction of sp³-hybridized carbons (Fsp3) is 0.348. The molecular weight excluding hydrogens is 362 g/mol. The smallest absolute Gasteiger partial charge is 0.115 e. The van der Waals surface area contributed by atoms with Gasteiger partial charge in [0, 0.05) is 31.7 Å². The van der Waals surface area contributed by atoms with E-state index >= 15 is 0 Å². The van der Waals surface area contributed by atoms with Crippen molar-refractivity contribution in [2.24, 2.45) is 4.99 Å². The van der Waals surface area contributed by atoms with E-state index in [4.69, 9.17) is 9.73 Å². The van der Waals surface area contributed by atoms with Crippen LogP contribution in [0.3, 0.4) is 0 Å². The molecule has 0 radical (unpaired) electrons. The van der Waals surface area contributed by atoms with Gasteiger partial charge in [0.1, 0.15) is 11.5 Å². The highest BCUT2D eigenvalue weighted by Gasteiger charge is 2.22. The minimum Gasteiger partial charge on any atom is -0.380 e. The van der Waals surface area contributed by atoms with E-state index in [0.717, 1.165) is 62.5 Å². The molecule has 1 fully saturated rings. The van der Waals surface area contributed by atoms with E-state index in [-0.39, 0.29) is 0 Å². The summed E-state index contributed by atoms with van der Waals surface area (Å²) in [4.78, 5) is 7.48. The van der Waals surface area contributed by atoms with E-state index < -0.39 is 0 Å². The molecule has 0 aliphatic carbocycles. The molecule has 0 saturated carbocycles. The molecule has 2 aliphatic heterocycles. The lowest BCUT2D eigenvalue weighted by atomic mass is 9.98. The summed E-state index contributed by atoms with van der Waals surface area (Å²) in [5.74, 6) is 1.17. The molecule has 1 aromatic heterocycles. The van der Waals surface area contributed by atoms with Crippen molar-refractivity contribution in [2.75, 3.05) is 26.3 Å². The molecule has 6 heteroatoms. The molecule has 0 bridgehead atoms. The van der Waals surface area contributed by atoms with Crippen LogP contribution in [0.2, 0.25) is 0 Å². The van der Waals surface area contributed by atoms with E-state index in [1.54, 1.807) is 0 Å². The maximum atomic E-state index is 5.61. The van der Waals surface area contributed by atoms with Crippen molar-refractivity contribution < 1.29 is 4.74 Å². The Kier molecular flexibility index (Phi) is 5.09. The number of nitrogens with zero attached hydrogens (tertiary/aromatic N) is 5. The zero-order valence-electron chi connectivity index (χ0n) is 16.5. The van der Waals surface area contributed by atoms with Crippen molar-refractivity contribution in [2.45, 2.75) is 25.8 Å². The number of hydrogen-bond donors (Lipinski definition) is 0. The summed E-state index contributed by atoms with van der Waals surface area (Å²) in [5, 5.41) is 8.80. The second-order valence-corrected chi connectivity index (χ2v) is 7.58. The molecule has 0 unspecified atom stereocenters. The van der Waals surface area contributed by atoms with Gasteiger partial charge >= 0.3 is 0 Å². The molecular formula is C23H25N5O. The van der Waals surface area contributed by atoms with E-state index in [9.17, 15) is 0 Å². The molecule has 148 valence electrons. The third kappa shape index (κ3) is 3.93. The monoisotopic (exact) mass is 387 g/mol. The number of ether oxygens (including phenoxy) is 1. The Morgan fingerprint density at radius 2 is 1.86 bits per heavy atom. The van der Waals surface area contributed by atoms with Crippen LogP contribution in [0.25, 0.3) is 11.3 Å². The van der Waals surface area contributed by atoms with Crippen molar-refractivity contribution in [3.63, 3.8) is 0 Å². The molecule has 3 heterocycles. The van der Waals surface area contributed by atoms with E-state index in [2.05, 4.69) is 45.5 Å². The zero-order valence-corrected chi connectivity index (χ0v) is 16.5. The molecule has 29 heavy (non-hydrogen) atoms. The zero-order chi connectivity index (χ0) is 19.5. The lowest BCUT2D eigenvalue weighted by Crippen LogP contribution is -2.34. The van der Waals surface area contributed by atoms with Gasteiger partial charge in [0.05, 0.1) is 25.0 Å². The number of fused-ring (bicyclic) bond motifs is 1. The van der Waals surface area contributed by atoms with Gasteiger partial charge in [0.25, 0.3) is 0 Å². The van der Waals surface area contributed by atoms with Crippen LogP contribution in [0, 0.1) is 0 Å². The van der Waals surface area contributed by atoms with Gasteiger partial charge in [-0.3, -0.25) is 0 Å². The first kappa shape index (κ1) is 18.1. The first-order valence-corrected chi connectivity index (χ1v) is 10.3. The number of para-hydroxylation sites is 1. The van der Waals surface area contributed by atoms with Crippen LogP contribution in [0.15, 0.2) is 59.7 Å². The topological polar surface area (TPSA) is 55.5 Å². The third-order valence-corrected chi connectivity index (χ3v) is 5.57. The van der Waals surface area contributed by atoms with Crippen LogP contribution < -0.4 is 0 Å². The van der Waals surface area contributed by atoms with Crippen molar-refractivity contribution in [1.29, 1.82) is 0 Å². The Balaban J connectivity index is 1.44. The highest BCUT2D eigenvalue weighted by Crippen LogP contribution is 2.36. The molecule has 2 aromatic carbocycles. The van der Waals surface area contributed by atoms with Crippen LogP contribution in [0.5, 0.6) is 0 Å². The summed E-state index contributed by atoms with van der Waals surface area (Å²) in [7, 11) is 0. The van der Waals surface area contributed by atoms with Crippen LogP contribution in [0.4, 0.5) is 5.69 Å². The fourth-order valence-electron chi connectivity index (χ4n) is 4.07. The standard InChI is InChI=1S/C23H25N5O/c1-2-6-18(7-3-1)16-28-17-21(25-26-28)20-9-4-8-19-10-11-22(24-23(19)20)27-12-5-14-29-15-13-27/h1-4,6-9,17H,5,10-16H2. The SMILES string of the molecule is c1ccc(Cn2cc(-c3cccc4c3N=C(N3CCCOCC3)CC4)nn2)cc1. The lowest BCUT2D eigenvalue weighted by Gasteiger charge is -2.27. The minimum atomic E-state index is 0.713. The minimum absolute atomic E-state index is 0.713. The summed E-state index contributed by atoms with van der Waals surface area (Å²) < 4.78 is 7.50. The average molecular weight is 387 g/mol. The number of hydrogen-bond acceptors (Lipinski definition) is 5. The number of aryl methyl sites for hydroxylation is 1.